The Labute approximate surface area is 106 Å². The summed E-state index contributed by atoms with van der Waals surface area (Å²) in [6.07, 6.45) is 2.17. The van der Waals surface area contributed by atoms with Gasteiger partial charge >= 0.3 is 0 Å². The molecule has 3 nitrogen and oxygen atoms in total. The third-order valence-corrected chi connectivity index (χ3v) is 3.36. The number of rotatable bonds is 3. The summed E-state index contributed by atoms with van der Waals surface area (Å²) in [6.45, 7) is 3.67. The average Bonchev–Trinajstić information content (AvgIpc) is 2.75. The Kier molecular flexibility index (Phi) is 3.56. The van der Waals surface area contributed by atoms with Gasteiger partial charge in [-0.1, -0.05) is 11.6 Å². The largest absolute Gasteiger partial charge is 0.381 e. The van der Waals surface area contributed by atoms with E-state index in [1.165, 1.54) is 0 Å². The molecule has 0 bridgehead atoms. The van der Waals surface area contributed by atoms with Crippen LogP contribution in [0.1, 0.15) is 25.3 Å². The van der Waals surface area contributed by atoms with Crippen LogP contribution >= 0.6 is 11.6 Å². The van der Waals surface area contributed by atoms with Crippen molar-refractivity contribution in [1.82, 2.24) is 0 Å². The molecule has 0 aliphatic carbocycles. The molecule has 1 heterocycles. The second-order valence-electron chi connectivity index (χ2n) is 4.56. The van der Waals surface area contributed by atoms with Gasteiger partial charge in [-0.05, 0) is 38.0 Å². The van der Waals surface area contributed by atoms with Crippen molar-refractivity contribution in [2.24, 2.45) is 0 Å². The zero-order valence-corrected chi connectivity index (χ0v) is 10.5. The Morgan fingerprint density at radius 1 is 1.59 bits per heavy atom. The minimum absolute atomic E-state index is 0.1000. The first-order valence-corrected chi connectivity index (χ1v) is 6.08. The van der Waals surface area contributed by atoms with Gasteiger partial charge in [-0.3, -0.25) is 0 Å². The Hall–Kier alpha value is -1.24. The van der Waals surface area contributed by atoms with Gasteiger partial charge in [0.1, 0.15) is 0 Å². The monoisotopic (exact) mass is 250 g/mol. The van der Waals surface area contributed by atoms with Gasteiger partial charge in [0.2, 0.25) is 0 Å². The number of anilines is 1. The summed E-state index contributed by atoms with van der Waals surface area (Å²) in [6, 6.07) is 7.32. The standard InChI is InChI=1S/C13H15ClN2O/c1-13(5-2-6-17-13)9-16-12-4-3-10(8-15)7-11(12)14/h3-4,7,16H,2,5-6,9H2,1H3. The van der Waals surface area contributed by atoms with Crippen LogP contribution in [0.2, 0.25) is 5.02 Å². The fourth-order valence-corrected chi connectivity index (χ4v) is 2.23. The first-order chi connectivity index (χ1) is 8.13. The fourth-order valence-electron chi connectivity index (χ4n) is 1.99. The number of nitrogens with one attached hydrogen (secondary N) is 1. The SMILES string of the molecule is CC1(CNc2ccc(C#N)cc2Cl)CCCO1. The summed E-state index contributed by atoms with van der Waals surface area (Å²) in [7, 11) is 0. The highest BCUT2D eigenvalue weighted by molar-refractivity contribution is 6.33. The van der Waals surface area contributed by atoms with E-state index in [4.69, 9.17) is 21.6 Å². The molecule has 17 heavy (non-hydrogen) atoms. The minimum Gasteiger partial charge on any atom is -0.381 e. The summed E-state index contributed by atoms with van der Waals surface area (Å²) in [5, 5.41) is 12.6. The van der Waals surface area contributed by atoms with E-state index in [2.05, 4.69) is 18.3 Å². The molecule has 1 aromatic carbocycles. The molecule has 1 fully saturated rings. The van der Waals surface area contributed by atoms with Gasteiger partial charge in [-0.25, -0.2) is 0 Å². The van der Waals surface area contributed by atoms with E-state index in [1.807, 2.05) is 6.07 Å². The number of hydrogen-bond donors (Lipinski definition) is 1. The highest BCUT2D eigenvalue weighted by Gasteiger charge is 2.29. The second-order valence-corrected chi connectivity index (χ2v) is 4.97. The van der Waals surface area contributed by atoms with Crippen molar-refractivity contribution in [3.63, 3.8) is 0 Å². The van der Waals surface area contributed by atoms with Gasteiger partial charge in [-0.15, -0.1) is 0 Å². The summed E-state index contributed by atoms with van der Waals surface area (Å²) < 4.78 is 5.69. The maximum Gasteiger partial charge on any atom is 0.0992 e. The van der Waals surface area contributed by atoms with Gasteiger partial charge in [0.25, 0.3) is 0 Å². The minimum atomic E-state index is -0.1000. The van der Waals surface area contributed by atoms with Crippen LogP contribution in [0.4, 0.5) is 5.69 Å². The predicted molar refractivity (Wildman–Crippen MR) is 68.2 cm³/mol. The highest BCUT2D eigenvalue weighted by Crippen LogP contribution is 2.28. The number of ether oxygens (including phenoxy) is 1. The topological polar surface area (TPSA) is 45.0 Å². The Morgan fingerprint density at radius 3 is 3.00 bits per heavy atom. The number of halogens is 1. The van der Waals surface area contributed by atoms with E-state index in [0.717, 1.165) is 31.7 Å². The summed E-state index contributed by atoms with van der Waals surface area (Å²) in [4.78, 5) is 0. The zero-order valence-electron chi connectivity index (χ0n) is 9.79. The number of benzene rings is 1. The Bertz CT molecular complexity index is 447. The molecule has 1 aliphatic rings. The van der Waals surface area contributed by atoms with Crippen molar-refractivity contribution in [3.8, 4) is 6.07 Å². The third-order valence-electron chi connectivity index (χ3n) is 3.05. The third kappa shape index (κ3) is 2.91. The quantitative estimate of drug-likeness (QED) is 0.896. The first kappa shape index (κ1) is 12.2. The van der Waals surface area contributed by atoms with Gasteiger partial charge in [0.15, 0.2) is 0 Å². The van der Waals surface area contributed by atoms with Crippen molar-refractivity contribution < 1.29 is 4.74 Å². The van der Waals surface area contributed by atoms with E-state index >= 15 is 0 Å². The van der Waals surface area contributed by atoms with E-state index in [-0.39, 0.29) is 5.60 Å². The van der Waals surface area contributed by atoms with Crippen LogP contribution in [0.5, 0.6) is 0 Å². The maximum absolute atomic E-state index is 8.75. The first-order valence-electron chi connectivity index (χ1n) is 5.70. The van der Waals surface area contributed by atoms with Crippen LogP contribution in [-0.2, 0) is 4.74 Å². The molecule has 4 heteroatoms. The molecular weight excluding hydrogens is 236 g/mol. The van der Waals surface area contributed by atoms with Crippen LogP contribution < -0.4 is 5.32 Å². The van der Waals surface area contributed by atoms with E-state index in [0.29, 0.717) is 10.6 Å². The number of nitrogens with zero attached hydrogens (tertiary/aromatic N) is 1. The summed E-state index contributed by atoms with van der Waals surface area (Å²) in [5.74, 6) is 0. The van der Waals surface area contributed by atoms with Crippen LogP contribution in [0.3, 0.4) is 0 Å². The molecule has 2 rings (SSSR count). The smallest absolute Gasteiger partial charge is 0.0992 e. The molecule has 1 aromatic rings. The number of nitriles is 1. The van der Waals surface area contributed by atoms with E-state index in [9.17, 15) is 0 Å². The van der Waals surface area contributed by atoms with Crippen molar-refractivity contribution >= 4 is 17.3 Å². The normalized spacial score (nSPS) is 23.4. The lowest BCUT2D eigenvalue weighted by Gasteiger charge is -2.24. The molecule has 90 valence electrons. The average molecular weight is 251 g/mol. The van der Waals surface area contributed by atoms with Crippen molar-refractivity contribution in [3.05, 3.63) is 28.8 Å². The molecule has 1 N–H and O–H groups in total. The Morgan fingerprint density at radius 2 is 2.41 bits per heavy atom. The van der Waals surface area contributed by atoms with Crippen LogP contribution in [0.25, 0.3) is 0 Å². The number of hydrogen-bond acceptors (Lipinski definition) is 3. The van der Waals surface area contributed by atoms with Gasteiger partial charge in [-0.2, -0.15) is 5.26 Å². The Balaban J connectivity index is 2.02. The van der Waals surface area contributed by atoms with Crippen molar-refractivity contribution in [2.45, 2.75) is 25.4 Å². The van der Waals surface area contributed by atoms with Crippen LogP contribution in [0.15, 0.2) is 18.2 Å². The second kappa shape index (κ2) is 4.95. The molecule has 1 aliphatic heterocycles. The molecule has 1 atom stereocenters. The predicted octanol–water partition coefficient (Wildman–Crippen LogP) is 3.19. The lowest BCUT2D eigenvalue weighted by atomic mass is 10.0. The molecule has 0 aromatic heterocycles. The zero-order chi connectivity index (χ0) is 12.3. The molecule has 0 saturated carbocycles. The molecule has 0 radical (unpaired) electrons. The molecule has 1 unspecified atom stereocenters. The molecular formula is C13H15ClN2O. The molecule has 1 saturated heterocycles. The highest BCUT2D eigenvalue weighted by atomic mass is 35.5. The summed E-state index contributed by atoms with van der Waals surface area (Å²) >= 11 is 6.08. The van der Waals surface area contributed by atoms with Gasteiger partial charge < -0.3 is 10.1 Å². The lowest BCUT2D eigenvalue weighted by molar-refractivity contribution is 0.0315. The van der Waals surface area contributed by atoms with Crippen LogP contribution in [0, 0.1) is 11.3 Å². The molecule has 0 spiro atoms. The van der Waals surface area contributed by atoms with Crippen molar-refractivity contribution in [1.29, 1.82) is 5.26 Å². The van der Waals surface area contributed by atoms with E-state index < -0.39 is 0 Å². The maximum atomic E-state index is 8.75. The summed E-state index contributed by atoms with van der Waals surface area (Å²) in [5.41, 5.74) is 1.32. The van der Waals surface area contributed by atoms with Gasteiger partial charge in [0, 0.05) is 13.2 Å². The van der Waals surface area contributed by atoms with Crippen LogP contribution in [-0.4, -0.2) is 18.8 Å². The lowest BCUT2D eigenvalue weighted by Crippen LogP contribution is -2.32. The van der Waals surface area contributed by atoms with Gasteiger partial charge in [0.05, 0.1) is 27.9 Å². The van der Waals surface area contributed by atoms with E-state index in [1.54, 1.807) is 12.1 Å². The molecule has 0 amide bonds. The van der Waals surface area contributed by atoms with Crippen molar-refractivity contribution in [2.75, 3.05) is 18.5 Å². The fraction of sp³-hybridized carbons (Fsp3) is 0.462.